The monoisotopic (exact) mass is 191 g/mol. The van der Waals surface area contributed by atoms with Gasteiger partial charge in [-0.3, -0.25) is 0 Å². The molecule has 0 saturated carbocycles. The van der Waals surface area contributed by atoms with Crippen LogP contribution in [0.1, 0.15) is 0 Å². The first-order valence-corrected chi connectivity index (χ1v) is 4.43. The van der Waals surface area contributed by atoms with Crippen LogP contribution >= 0.6 is 11.8 Å². The molecule has 4 nitrogen and oxygen atoms in total. The molecule has 1 atom stereocenters. The quantitative estimate of drug-likeness (QED) is 0.692. The number of nitrogens with zero attached hydrogens (tertiary/aromatic N) is 3. The van der Waals surface area contributed by atoms with Gasteiger partial charge in [0.05, 0.1) is 6.10 Å². The van der Waals surface area contributed by atoms with Gasteiger partial charge in [-0.2, -0.15) is 5.10 Å². The van der Waals surface area contributed by atoms with Gasteiger partial charge in [0.15, 0.2) is 5.16 Å². The van der Waals surface area contributed by atoms with E-state index < -0.39 is 12.8 Å². The summed E-state index contributed by atoms with van der Waals surface area (Å²) in [6.45, 7) is -0.717. The summed E-state index contributed by atoms with van der Waals surface area (Å²) >= 11 is 1.29. The van der Waals surface area contributed by atoms with Gasteiger partial charge in [0.1, 0.15) is 13.0 Å². The smallest absolute Gasteiger partial charge is 0.185 e. The van der Waals surface area contributed by atoms with E-state index >= 15 is 0 Å². The molecular formula is C6H10FN3OS. The molecule has 0 aliphatic heterocycles. The van der Waals surface area contributed by atoms with Crippen molar-refractivity contribution in [2.24, 2.45) is 7.05 Å². The normalized spacial score (nSPS) is 13.2. The van der Waals surface area contributed by atoms with Crippen molar-refractivity contribution in [1.82, 2.24) is 14.8 Å². The topological polar surface area (TPSA) is 50.9 Å². The van der Waals surface area contributed by atoms with E-state index in [1.807, 2.05) is 0 Å². The van der Waals surface area contributed by atoms with Gasteiger partial charge in [0.2, 0.25) is 0 Å². The minimum Gasteiger partial charge on any atom is -0.390 e. The maximum atomic E-state index is 11.8. The Balaban J connectivity index is 2.38. The predicted molar refractivity (Wildman–Crippen MR) is 43.7 cm³/mol. The van der Waals surface area contributed by atoms with Crippen molar-refractivity contribution in [2.75, 3.05) is 12.4 Å². The molecule has 1 N–H and O–H groups in total. The van der Waals surface area contributed by atoms with Crippen LogP contribution in [-0.2, 0) is 7.05 Å². The molecule has 1 aromatic rings. The van der Waals surface area contributed by atoms with E-state index in [1.165, 1.54) is 18.1 Å². The molecule has 0 radical (unpaired) electrons. The summed E-state index contributed by atoms with van der Waals surface area (Å²) in [6, 6.07) is 0. The lowest BCUT2D eigenvalue weighted by atomic mass is 10.5. The van der Waals surface area contributed by atoms with Crippen LogP contribution in [0.25, 0.3) is 0 Å². The highest BCUT2D eigenvalue weighted by Crippen LogP contribution is 2.14. The molecule has 0 fully saturated rings. The van der Waals surface area contributed by atoms with E-state index in [9.17, 15) is 4.39 Å². The fraction of sp³-hybridized carbons (Fsp3) is 0.667. The van der Waals surface area contributed by atoms with E-state index in [0.717, 1.165) is 0 Å². The maximum absolute atomic E-state index is 11.8. The van der Waals surface area contributed by atoms with E-state index in [1.54, 1.807) is 11.7 Å². The average molecular weight is 191 g/mol. The Hall–Kier alpha value is -0.620. The lowest BCUT2D eigenvalue weighted by Gasteiger charge is -2.03. The van der Waals surface area contributed by atoms with E-state index in [2.05, 4.69) is 10.1 Å². The Kier molecular flexibility index (Phi) is 3.48. The highest BCUT2D eigenvalue weighted by atomic mass is 32.2. The fourth-order valence-electron chi connectivity index (χ4n) is 0.632. The second-order valence-corrected chi connectivity index (χ2v) is 3.27. The number of rotatable bonds is 4. The molecule has 6 heteroatoms. The molecule has 1 aromatic heterocycles. The zero-order valence-electron chi connectivity index (χ0n) is 6.64. The number of aliphatic hydroxyl groups is 1. The summed E-state index contributed by atoms with van der Waals surface area (Å²) < 4.78 is 13.4. The standard InChI is InChI=1S/C6H10FN3OS/c1-10-6(8-4-9-10)12-3-5(11)2-7/h4-5,11H,2-3H2,1H3. The highest BCUT2D eigenvalue weighted by molar-refractivity contribution is 7.99. The number of thioether (sulfide) groups is 1. The molecule has 1 heterocycles. The van der Waals surface area contributed by atoms with Gasteiger partial charge in [-0.05, 0) is 0 Å². The summed E-state index contributed by atoms with van der Waals surface area (Å²) in [5.41, 5.74) is 0. The molecule has 1 unspecified atom stereocenters. The zero-order valence-corrected chi connectivity index (χ0v) is 7.46. The van der Waals surface area contributed by atoms with Gasteiger partial charge in [0.25, 0.3) is 0 Å². The lowest BCUT2D eigenvalue weighted by Crippen LogP contribution is -2.12. The summed E-state index contributed by atoms with van der Waals surface area (Å²) in [6.07, 6.45) is 0.510. The SMILES string of the molecule is Cn1ncnc1SCC(O)CF. The van der Waals surface area contributed by atoms with Crippen LogP contribution in [0.3, 0.4) is 0 Å². The van der Waals surface area contributed by atoms with Crippen molar-refractivity contribution < 1.29 is 9.50 Å². The minimum absolute atomic E-state index is 0.309. The van der Waals surface area contributed by atoms with Crippen LogP contribution in [0.2, 0.25) is 0 Å². The van der Waals surface area contributed by atoms with Gasteiger partial charge in [-0.15, -0.1) is 0 Å². The number of hydrogen-bond acceptors (Lipinski definition) is 4. The zero-order chi connectivity index (χ0) is 8.97. The third-order valence-corrected chi connectivity index (χ3v) is 2.43. The van der Waals surface area contributed by atoms with Gasteiger partial charge in [-0.1, -0.05) is 11.8 Å². The minimum atomic E-state index is -0.910. The van der Waals surface area contributed by atoms with Crippen molar-refractivity contribution in [3.05, 3.63) is 6.33 Å². The van der Waals surface area contributed by atoms with Crippen molar-refractivity contribution in [1.29, 1.82) is 0 Å². The molecule has 0 saturated heterocycles. The van der Waals surface area contributed by atoms with Gasteiger partial charge in [-0.25, -0.2) is 14.1 Å². The van der Waals surface area contributed by atoms with Crippen LogP contribution < -0.4 is 0 Å². The highest BCUT2D eigenvalue weighted by Gasteiger charge is 2.06. The second kappa shape index (κ2) is 4.42. The number of aliphatic hydroxyl groups excluding tert-OH is 1. The number of alkyl halides is 1. The fourth-order valence-corrected chi connectivity index (χ4v) is 1.42. The van der Waals surface area contributed by atoms with Gasteiger partial charge < -0.3 is 5.11 Å². The molecule has 1 rings (SSSR count). The lowest BCUT2D eigenvalue weighted by molar-refractivity contribution is 0.162. The average Bonchev–Trinajstić information content (AvgIpc) is 2.47. The van der Waals surface area contributed by atoms with Crippen LogP contribution in [0.5, 0.6) is 0 Å². The van der Waals surface area contributed by atoms with E-state index in [-0.39, 0.29) is 0 Å². The first kappa shape index (κ1) is 9.47. The molecular weight excluding hydrogens is 181 g/mol. The molecule has 0 amide bonds. The Bertz CT molecular complexity index is 242. The summed E-state index contributed by atoms with van der Waals surface area (Å²) in [4.78, 5) is 3.90. The van der Waals surface area contributed by atoms with Crippen LogP contribution in [0, 0.1) is 0 Å². The van der Waals surface area contributed by atoms with Crippen LogP contribution in [0.15, 0.2) is 11.5 Å². The van der Waals surface area contributed by atoms with Crippen LogP contribution in [-0.4, -0.2) is 38.4 Å². The molecule has 0 bridgehead atoms. The van der Waals surface area contributed by atoms with Crippen molar-refractivity contribution >= 4 is 11.8 Å². The van der Waals surface area contributed by atoms with Gasteiger partial charge in [0, 0.05) is 12.8 Å². The Morgan fingerprint density at radius 1 is 1.83 bits per heavy atom. The summed E-state index contributed by atoms with van der Waals surface area (Å²) in [5, 5.41) is 13.4. The Labute approximate surface area is 73.8 Å². The number of hydrogen-bond donors (Lipinski definition) is 1. The van der Waals surface area contributed by atoms with E-state index in [0.29, 0.717) is 10.9 Å². The number of aryl methyl sites for hydroxylation is 1. The third-order valence-electron chi connectivity index (χ3n) is 1.25. The van der Waals surface area contributed by atoms with Crippen molar-refractivity contribution in [2.45, 2.75) is 11.3 Å². The Morgan fingerprint density at radius 2 is 2.58 bits per heavy atom. The molecule has 0 spiro atoms. The van der Waals surface area contributed by atoms with E-state index in [4.69, 9.17) is 5.11 Å². The Morgan fingerprint density at radius 3 is 3.08 bits per heavy atom. The molecule has 0 aliphatic carbocycles. The predicted octanol–water partition coefficient (Wildman–Crippen LogP) is 0.238. The molecule has 0 aliphatic rings. The largest absolute Gasteiger partial charge is 0.390 e. The molecule has 12 heavy (non-hydrogen) atoms. The number of aromatic nitrogens is 3. The maximum Gasteiger partial charge on any atom is 0.185 e. The molecule has 68 valence electrons. The molecule has 0 aromatic carbocycles. The third kappa shape index (κ3) is 2.46. The van der Waals surface area contributed by atoms with Gasteiger partial charge >= 0.3 is 0 Å². The first-order chi connectivity index (χ1) is 5.74. The number of halogens is 1. The van der Waals surface area contributed by atoms with Crippen molar-refractivity contribution in [3.8, 4) is 0 Å². The summed E-state index contributed by atoms with van der Waals surface area (Å²) in [7, 11) is 1.75. The van der Waals surface area contributed by atoms with Crippen molar-refractivity contribution in [3.63, 3.8) is 0 Å². The van der Waals surface area contributed by atoms with Crippen LogP contribution in [0.4, 0.5) is 4.39 Å². The summed E-state index contributed by atoms with van der Waals surface area (Å²) in [5.74, 6) is 0.309. The second-order valence-electron chi connectivity index (χ2n) is 2.29. The first-order valence-electron chi connectivity index (χ1n) is 3.45.